The molecule has 1 N–H and O–H groups in total. The standard InChI is InChI=1S/C16H17NO2S/c1-10-11(2)20-14(17-10)9-16(15(18)19)7-12-5-3-4-6-13(12)8-16/h3-6H,7-9H2,1-2H3,(H,18,19). The summed E-state index contributed by atoms with van der Waals surface area (Å²) in [5.41, 5.74) is 2.63. The summed E-state index contributed by atoms with van der Waals surface area (Å²) in [4.78, 5) is 17.6. The first-order chi connectivity index (χ1) is 9.50. The van der Waals surface area contributed by atoms with Crippen LogP contribution in [0.25, 0.3) is 0 Å². The van der Waals surface area contributed by atoms with Crippen LogP contribution >= 0.6 is 11.3 Å². The molecule has 0 spiro atoms. The Balaban J connectivity index is 1.93. The molecule has 3 nitrogen and oxygen atoms in total. The number of aromatic nitrogens is 1. The van der Waals surface area contributed by atoms with Crippen molar-refractivity contribution in [1.82, 2.24) is 4.98 Å². The fourth-order valence-corrected chi connectivity index (χ4v) is 4.03. The van der Waals surface area contributed by atoms with Crippen LogP contribution in [0.2, 0.25) is 0 Å². The Morgan fingerprint density at radius 1 is 1.30 bits per heavy atom. The van der Waals surface area contributed by atoms with E-state index in [9.17, 15) is 9.90 Å². The van der Waals surface area contributed by atoms with Gasteiger partial charge in [-0.3, -0.25) is 4.79 Å². The van der Waals surface area contributed by atoms with Crippen molar-refractivity contribution < 1.29 is 9.90 Å². The van der Waals surface area contributed by atoms with Gasteiger partial charge >= 0.3 is 5.97 Å². The zero-order chi connectivity index (χ0) is 14.3. The van der Waals surface area contributed by atoms with Gasteiger partial charge in [-0.25, -0.2) is 4.98 Å². The van der Waals surface area contributed by atoms with E-state index in [1.54, 1.807) is 11.3 Å². The third kappa shape index (κ3) is 2.14. The average Bonchev–Trinajstić information content (AvgIpc) is 2.91. The van der Waals surface area contributed by atoms with Crippen LogP contribution in [-0.4, -0.2) is 16.1 Å². The third-order valence-electron chi connectivity index (χ3n) is 4.19. The minimum atomic E-state index is -0.722. The van der Waals surface area contributed by atoms with Crippen molar-refractivity contribution in [2.75, 3.05) is 0 Å². The number of hydrogen-bond donors (Lipinski definition) is 1. The van der Waals surface area contributed by atoms with Crippen LogP contribution in [0.4, 0.5) is 0 Å². The van der Waals surface area contributed by atoms with Gasteiger partial charge in [0.15, 0.2) is 0 Å². The Morgan fingerprint density at radius 2 is 1.90 bits per heavy atom. The van der Waals surface area contributed by atoms with Crippen molar-refractivity contribution in [3.63, 3.8) is 0 Å². The molecular formula is C16H17NO2S. The Morgan fingerprint density at radius 3 is 2.35 bits per heavy atom. The quantitative estimate of drug-likeness (QED) is 0.943. The Bertz CT molecular complexity index is 630. The van der Waals surface area contributed by atoms with Gasteiger partial charge in [0.25, 0.3) is 0 Å². The van der Waals surface area contributed by atoms with Crippen molar-refractivity contribution in [3.05, 3.63) is 51.0 Å². The summed E-state index contributed by atoms with van der Waals surface area (Å²) in [5.74, 6) is -0.709. The second kappa shape index (κ2) is 4.70. The number of hydrogen-bond acceptors (Lipinski definition) is 3. The SMILES string of the molecule is Cc1nc(CC2(C(=O)O)Cc3ccccc3C2)sc1C. The van der Waals surface area contributed by atoms with Crippen molar-refractivity contribution in [3.8, 4) is 0 Å². The molecule has 0 atom stereocenters. The maximum absolute atomic E-state index is 11.9. The minimum Gasteiger partial charge on any atom is -0.481 e. The highest BCUT2D eigenvalue weighted by Crippen LogP contribution is 2.40. The zero-order valence-corrected chi connectivity index (χ0v) is 12.5. The van der Waals surface area contributed by atoms with E-state index < -0.39 is 11.4 Å². The number of thiazole rings is 1. The number of aryl methyl sites for hydroxylation is 2. The molecule has 2 aromatic rings. The lowest BCUT2D eigenvalue weighted by Crippen LogP contribution is -2.34. The molecule has 0 saturated heterocycles. The van der Waals surface area contributed by atoms with E-state index in [0.717, 1.165) is 10.7 Å². The monoisotopic (exact) mass is 287 g/mol. The van der Waals surface area contributed by atoms with E-state index in [1.165, 1.54) is 16.0 Å². The van der Waals surface area contributed by atoms with E-state index in [0.29, 0.717) is 19.3 Å². The normalized spacial score (nSPS) is 16.1. The number of carboxylic acid groups (broad SMARTS) is 1. The maximum atomic E-state index is 11.9. The maximum Gasteiger partial charge on any atom is 0.310 e. The Kier molecular flexibility index (Phi) is 3.13. The first-order valence-corrected chi connectivity index (χ1v) is 7.55. The molecule has 1 aromatic carbocycles. The summed E-state index contributed by atoms with van der Waals surface area (Å²) in [7, 11) is 0. The van der Waals surface area contributed by atoms with Crippen LogP contribution < -0.4 is 0 Å². The van der Waals surface area contributed by atoms with Gasteiger partial charge in [0.2, 0.25) is 0 Å². The molecule has 0 bridgehead atoms. The van der Waals surface area contributed by atoms with E-state index in [1.807, 2.05) is 38.1 Å². The van der Waals surface area contributed by atoms with Gasteiger partial charge in [0.1, 0.15) is 0 Å². The van der Waals surface area contributed by atoms with Gasteiger partial charge in [0, 0.05) is 11.3 Å². The van der Waals surface area contributed by atoms with Crippen LogP contribution in [0.5, 0.6) is 0 Å². The minimum absolute atomic E-state index is 0.524. The smallest absolute Gasteiger partial charge is 0.310 e. The highest BCUT2D eigenvalue weighted by Gasteiger charge is 2.44. The third-order valence-corrected chi connectivity index (χ3v) is 5.27. The van der Waals surface area contributed by atoms with Gasteiger partial charge in [-0.1, -0.05) is 24.3 Å². The van der Waals surface area contributed by atoms with Gasteiger partial charge in [-0.2, -0.15) is 0 Å². The molecule has 1 heterocycles. The average molecular weight is 287 g/mol. The molecule has 0 unspecified atom stereocenters. The summed E-state index contributed by atoms with van der Waals surface area (Å²) < 4.78 is 0. The number of benzene rings is 1. The molecule has 20 heavy (non-hydrogen) atoms. The van der Waals surface area contributed by atoms with E-state index in [2.05, 4.69) is 4.98 Å². The van der Waals surface area contributed by atoms with Gasteiger partial charge in [0.05, 0.1) is 16.1 Å². The topological polar surface area (TPSA) is 50.2 Å². The molecule has 4 heteroatoms. The summed E-state index contributed by atoms with van der Waals surface area (Å²) in [6.07, 6.45) is 1.74. The fourth-order valence-electron chi connectivity index (χ4n) is 2.95. The molecule has 0 radical (unpaired) electrons. The van der Waals surface area contributed by atoms with Crippen molar-refractivity contribution in [1.29, 1.82) is 0 Å². The lowest BCUT2D eigenvalue weighted by Gasteiger charge is -2.22. The molecular weight excluding hydrogens is 270 g/mol. The summed E-state index contributed by atoms with van der Waals surface area (Å²) in [6, 6.07) is 8.04. The molecule has 0 saturated carbocycles. The lowest BCUT2D eigenvalue weighted by atomic mass is 9.81. The van der Waals surface area contributed by atoms with E-state index in [4.69, 9.17) is 0 Å². The van der Waals surface area contributed by atoms with Crippen LogP contribution in [0, 0.1) is 19.3 Å². The summed E-state index contributed by atoms with van der Waals surface area (Å²) >= 11 is 1.62. The largest absolute Gasteiger partial charge is 0.481 e. The second-order valence-electron chi connectivity index (χ2n) is 5.63. The number of carbonyl (C=O) groups is 1. The zero-order valence-electron chi connectivity index (χ0n) is 11.6. The molecule has 1 aliphatic rings. The molecule has 104 valence electrons. The number of rotatable bonds is 3. The van der Waals surface area contributed by atoms with Gasteiger partial charge < -0.3 is 5.11 Å². The Labute approximate surface area is 122 Å². The van der Waals surface area contributed by atoms with Crippen LogP contribution in [-0.2, 0) is 24.1 Å². The highest BCUT2D eigenvalue weighted by molar-refractivity contribution is 7.11. The van der Waals surface area contributed by atoms with Crippen LogP contribution in [0.15, 0.2) is 24.3 Å². The molecule has 3 rings (SSSR count). The van der Waals surface area contributed by atoms with Crippen LogP contribution in [0.1, 0.15) is 26.7 Å². The van der Waals surface area contributed by atoms with Gasteiger partial charge in [-0.15, -0.1) is 11.3 Å². The van der Waals surface area contributed by atoms with Crippen molar-refractivity contribution >= 4 is 17.3 Å². The highest BCUT2D eigenvalue weighted by atomic mass is 32.1. The molecule has 0 amide bonds. The summed E-state index contributed by atoms with van der Waals surface area (Å²) in [5, 5.41) is 10.7. The lowest BCUT2D eigenvalue weighted by molar-refractivity contribution is -0.148. The van der Waals surface area contributed by atoms with Crippen molar-refractivity contribution in [2.24, 2.45) is 5.41 Å². The number of fused-ring (bicyclic) bond motifs is 1. The predicted molar refractivity (Wildman–Crippen MR) is 79.2 cm³/mol. The molecule has 1 aliphatic carbocycles. The molecule has 1 aromatic heterocycles. The van der Waals surface area contributed by atoms with Gasteiger partial charge in [-0.05, 0) is 37.8 Å². The second-order valence-corrected chi connectivity index (χ2v) is 6.92. The predicted octanol–water partition coefficient (Wildman–Crippen LogP) is 3.17. The number of aliphatic carboxylic acids is 1. The fraction of sp³-hybridized carbons (Fsp3) is 0.375. The molecule has 0 fully saturated rings. The first-order valence-electron chi connectivity index (χ1n) is 6.73. The number of carboxylic acids is 1. The van der Waals surface area contributed by atoms with E-state index in [-0.39, 0.29) is 0 Å². The van der Waals surface area contributed by atoms with Crippen LogP contribution in [0.3, 0.4) is 0 Å². The Hall–Kier alpha value is -1.68. The molecule has 0 aliphatic heterocycles. The van der Waals surface area contributed by atoms with Crippen molar-refractivity contribution in [2.45, 2.75) is 33.1 Å². The summed E-state index contributed by atoms with van der Waals surface area (Å²) in [6.45, 7) is 4.01. The first kappa shape index (κ1) is 13.3. The number of nitrogens with zero attached hydrogens (tertiary/aromatic N) is 1. The van der Waals surface area contributed by atoms with E-state index >= 15 is 0 Å².